The third-order valence-corrected chi connectivity index (χ3v) is 4.46. The Labute approximate surface area is 122 Å². The summed E-state index contributed by atoms with van der Waals surface area (Å²) in [5.41, 5.74) is 8.50. The quantitative estimate of drug-likeness (QED) is 0.774. The van der Waals surface area contributed by atoms with Crippen LogP contribution in [-0.2, 0) is 9.84 Å². The van der Waals surface area contributed by atoms with Crippen molar-refractivity contribution in [2.75, 3.05) is 6.26 Å². The number of hydrogen-bond donors (Lipinski definition) is 2. The van der Waals surface area contributed by atoms with Crippen LogP contribution in [0.1, 0.15) is 17.4 Å². The molecule has 5 nitrogen and oxygen atoms in total. The summed E-state index contributed by atoms with van der Waals surface area (Å²) >= 11 is 0. The summed E-state index contributed by atoms with van der Waals surface area (Å²) in [4.78, 5) is 7.81. The molecule has 0 spiro atoms. The van der Waals surface area contributed by atoms with E-state index in [1.165, 1.54) is 6.26 Å². The van der Waals surface area contributed by atoms with E-state index in [0.717, 1.165) is 5.56 Å². The smallest absolute Gasteiger partial charge is 0.175 e. The van der Waals surface area contributed by atoms with Crippen LogP contribution >= 0.6 is 0 Å². The van der Waals surface area contributed by atoms with E-state index < -0.39 is 9.84 Å². The van der Waals surface area contributed by atoms with Gasteiger partial charge in [0.05, 0.1) is 22.0 Å². The fourth-order valence-electron chi connectivity index (χ4n) is 2.20. The van der Waals surface area contributed by atoms with Crippen molar-refractivity contribution < 1.29 is 8.42 Å². The van der Waals surface area contributed by atoms with Gasteiger partial charge in [-0.25, -0.2) is 13.4 Å². The number of hydrogen-bond acceptors (Lipinski definition) is 4. The molecule has 0 aliphatic heterocycles. The highest BCUT2D eigenvalue weighted by Gasteiger charge is 2.15. The summed E-state index contributed by atoms with van der Waals surface area (Å²) in [5, 5.41) is 0. The topological polar surface area (TPSA) is 88.8 Å². The van der Waals surface area contributed by atoms with Gasteiger partial charge in [0.25, 0.3) is 0 Å². The van der Waals surface area contributed by atoms with Crippen molar-refractivity contribution >= 4 is 20.9 Å². The Hall–Kier alpha value is -2.18. The van der Waals surface area contributed by atoms with Gasteiger partial charge in [-0.1, -0.05) is 30.3 Å². The molecular weight excluding hydrogens is 286 g/mol. The first-order valence-corrected chi connectivity index (χ1v) is 8.34. The number of aromatic amines is 1. The second kappa shape index (κ2) is 4.98. The van der Waals surface area contributed by atoms with E-state index in [2.05, 4.69) is 9.97 Å². The molecule has 0 amide bonds. The van der Waals surface area contributed by atoms with Crippen LogP contribution in [0.25, 0.3) is 11.0 Å². The highest BCUT2D eigenvalue weighted by molar-refractivity contribution is 7.90. The summed E-state index contributed by atoms with van der Waals surface area (Å²) in [6.07, 6.45) is 1.18. The van der Waals surface area contributed by atoms with Crippen LogP contribution in [0.3, 0.4) is 0 Å². The van der Waals surface area contributed by atoms with Gasteiger partial charge in [-0.15, -0.1) is 0 Å². The van der Waals surface area contributed by atoms with Crippen LogP contribution in [0.4, 0.5) is 0 Å². The third kappa shape index (κ3) is 2.68. The summed E-state index contributed by atoms with van der Waals surface area (Å²) in [6, 6.07) is 14.1. The Bertz CT molecular complexity index is 886. The number of imidazole rings is 1. The van der Waals surface area contributed by atoms with Gasteiger partial charge in [0.1, 0.15) is 5.82 Å². The van der Waals surface area contributed by atoms with Crippen molar-refractivity contribution in [3.8, 4) is 0 Å². The van der Waals surface area contributed by atoms with Crippen molar-refractivity contribution in [3.63, 3.8) is 0 Å². The number of rotatable bonds is 3. The highest BCUT2D eigenvalue weighted by atomic mass is 32.2. The Morgan fingerprint density at radius 3 is 2.52 bits per heavy atom. The van der Waals surface area contributed by atoms with Crippen molar-refractivity contribution in [3.05, 3.63) is 59.9 Å². The van der Waals surface area contributed by atoms with Crippen LogP contribution in [0, 0.1) is 0 Å². The number of fused-ring (bicyclic) bond motifs is 1. The van der Waals surface area contributed by atoms with Gasteiger partial charge in [-0.2, -0.15) is 0 Å². The third-order valence-electron chi connectivity index (χ3n) is 3.35. The van der Waals surface area contributed by atoms with Gasteiger partial charge in [0.2, 0.25) is 0 Å². The first kappa shape index (κ1) is 13.8. The molecule has 1 aromatic heterocycles. The second-order valence-corrected chi connectivity index (χ2v) is 6.98. The van der Waals surface area contributed by atoms with E-state index in [1.54, 1.807) is 18.2 Å². The molecule has 0 saturated heterocycles. The van der Waals surface area contributed by atoms with Gasteiger partial charge in [0.15, 0.2) is 9.84 Å². The molecular formula is C15H15N3O2S. The molecule has 6 heteroatoms. The summed E-state index contributed by atoms with van der Waals surface area (Å²) in [5.74, 6) is 0.613. The number of nitrogens with two attached hydrogens (primary N) is 1. The monoisotopic (exact) mass is 301 g/mol. The van der Waals surface area contributed by atoms with Crippen molar-refractivity contribution in [1.29, 1.82) is 0 Å². The molecule has 0 aliphatic rings. The highest BCUT2D eigenvalue weighted by Crippen LogP contribution is 2.22. The molecule has 1 heterocycles. The van der Waals surface area contributed by atoms with E-state index in [0.29, 0.717) is 16.9 Å². The largest absolute Gasteiger partial charge is 0.340 e. The van der Waals surface area contributed by atoms with Gasteiger partial charge in [-0.05, 0) is 23.8 Å². The molecule has 108 valence electrons. The molecule has 1 unspecified atom stereocenters. The first-order chi connectivity index (χ1) is 9.95. The van der Waals surface area contributed by atoms with E-state index in [4.69, 9.17) is 5.73 Å². The number of H-pyrrole nitrogens is 1. The zero-order chi connectivity index (χ0) is 15.0. The zero-order valence-electron chi connectivity index (χ0n) is 11.4. The molecule has 21 heavy (non-hydrogen) atoms. The van der Waals surface area contributed by atoms with Gasteiger partial charge >= 0.3 is 0 Å². The van der Waals surface area contributed by atoms with Crippen molar-refractivity contribution in [2.45, 2.75) is 10.9 Å². The van der Waals surface area contributed by atoms with E-state index in [-0.39, 0.29) is 10.9 Å². The van der Waals surface area contributed by atoms with Crippen molar-refractivity contribution in [1.82, 2.24) is 9.97 Å². The number of sulfone groups is 1. The Balaban J connectivity index is 2.06. The van der Waals surface area contributed by atoms with E-state index in [9.17, 15) is 8.42 Å². The normalized spacial score (nSPS) is 13.4. The SMILES string of the molecule is CS(=O)(=O)c1ccc2nc(C(N)c3ccccc3)[nH]c2c1. The summed E-state index contributed by atoms with van der Waals surface area (Å²) in [7, 11) is -3.24. The maximum absolute atomic E-state index is 11.6. The Morgan fingerprint density at radius 2 is 1.86 bits per heavy atom. The van der Waals surface area contributed by atoms with Gasteiger partial charge in [0, 0.05) is 6.26 Å². The fraction of sp³-hybridized carbons (Fsp3) is 0.133. The molecule has 0 aliphatic carbocycles. The average molecular weight is 301 g/mol. The average Bonchev–Trinajstić information content (AvgIpc) is 2.89. The van der Waals surface area contributed by atoms with Gasteiger partial charge < -0.3 is 10.7 Å². The molecule has 3 N–H and O–H groups in total. The number of nitrogens with one attached hydrogen (secondary N) is 1. The van der Waals surface area contributed by atoms with Crippen LogP contribution in [0.15, 0.2) is 53.4 Å². The van der Waals surface area contributed by atoms with Crippen LogP contribution in [0.2, 0.25) is 0 Å². The molecule has 2 aromatic carbocycles. The van der Waals surface area contributed by atoms with Crippen LogP contribution in [-0.4, -0.2) is 24.6 Å². The molecule has 0 saturated carbocycles. The minimum atomic E-state index is -3.24. The lowest BCUT2D eigenvalue weighted by molar-refractivity contribution is 0.602. The minimum Gasteiger partial charge on any atom is -0.340 e. The van der Waals surface area contributed by atoms with Crippen LogP contribution < -0.4 is 5.73 Å². The first-order valence-electron chi connectivity index (χ1n) is 6.45. The molecule has 0 fully saturated rings. The molecule has 1 atom stereocenters. The van der Waals surface area contributed by atoms with E-state index in [1.807, 2.05) is 30.3 Å². The molecule has 3 aromatic rings. The maximum Gasteiger partial charge on any atom is 0.175 e. The lowest BCUT2D eigenvalue weighted by Gasteiger charge is -2.08. The zero-order valence-corrected chi connectivity index (χ0v) is 12.3. The number of aromatic nitrogens is 2. The predicted molar refractivity (Wildman–Crippen MR) is 81.7 cm³/mol. The fourth-order valence-corrected chi connectivity index (χ4v) is 2.85. The predicted octanol–water partition coefficient (Wildman–Crippen LogP) is 2.01. The lowest BCUT2D eigenvalue weighted by atomic mass is 10.1. The molecule has 0 radical (unpaired) electrons. The number of nitrogens with zero attached hydrogens (tertiary/aromatic N) is 1. The second-order valence-electron chi connectivity index (χ2n) is 4.96. The lowest BCUT2D eigenvalue weighted by Crippen LogP contribution is -2.13. The van der Waals surface area contributed by atoms with E-state index >= 15 is 0 Å². The van der Waals surface area contributed by atoms with Crippen molar-refractivity contribution in [2.24, 2.45) is 5.73 Å². The van der Waals surface area contributed by atoms with Crippen LogP contribution in [0.5, 0.6) is 0 Å². The van der Waals surface area contributed by atoms with Gasteiger partial charge in [-0.3, -0.25) is 0 Å². The molecule has 0 bridgehead atoms. The summed E-state index contributed by atoms with van der Waals surface area (Å²) < 4.78 is 23.2. The minimum absolute atomic E-state index is 0.262. The number of benzene rings is 2. The standard InChI is InChI=1S/C15H15N3O2S/c1-21(19,20)11-7-8-12-13(9-11)18-15(17-12)14(16)10-5-3-2-4-6-10/h2-9,14H,16H2,1H3,(H,17,18). The summed E-state index contributed by atoms with van der Waals surface area (Å²) in [6.45, 7) is 0. The Morgan fingerprint density at radius 1 is 1.14 bits per heavy atom. The molecule has 3 rings (SSSR count). The Kier molecular flexibility index (Phi) is 3.27. The maximum atomic E-state index is 11.6.